The fourth-order valence-corrected chi connectivity index (χ4v) is 9.93. The van der Waals surface area contributed by atoms with Crippen LogP contribution in [0.1, 0.15) is 65.8 Å². The molecule has 2 saturated carbocycles. The van der Waals surface area contributed by atoms with Crippen molar-refractivity contribution in [2.45, 2.75) is 93.1 Å². The maximum atomic E-state index is 12.2. The maximum absolute atomic E-state index is 12.2. The number of anilines is 2. The molecule has 2 aromatic rings. The fraction of sp³-hybridized carbons (Fsp3) is 0.565. The highest BCUT2D eigenvalue weighted by Gasteiger charge is 2.33. The Morgan fingerprint density at radius 1 is 0.649 bits per heavy atom. The van der Waals surface area contributed by atoms with E-state index < -0.39 is 20.0 Å². The second-order valence-corrected chi connectivity index (χ2v) is 16.0. The quantitative estimate of drug-likeness (QED) is 0.414. The summed E-state index contributed by atoms with van der Waals surface area (Å²) in [5, 5.41) is 6.25. The molecule has 14 heteroatoms. The molecule has 4 aliphatic rings. The molecule has 0 spiro atoms. The molecule has 2 aliphatic heterocycles. The SMILES string of the molecule is Cc1sc2c(c1C)NC(=NC1CCC1)NS2(=O)=O.Cc1sc2c(c1C)NC(=NC1CCCC1)NS2(=O)=O. The van der Waals surface area contributed by atoms with Crippen LogP contribution in [0.5, 0.6) is 0 Å². The van der Waals surface area contributed by atoms with Gasteiger partial charge in [-0.15, -0.1) is 22.7 Å². The Balaban J connectivity index is 0.000000152. The Hall–Kier alpha value is -2.16. The molecular formula is C23H32N6O4S4. The van der Waals surface area contributed by atoms with E-state index >= 15 is 0 Å². The molecule has 2 aromatic heterocycles. The van der Waals surface area contributed by atoms with Crippen LogP contribution < -0.4 is 20.1 Å². The van der Waals surface area contributed by atoms with Gasteiger partial charge in [-0.05, 0) is 70.9 Å². The largest absolute Gasteiger partial charge is 0.323 e. The normalized spacial score (nSPS) is 24.0. The van der Waals surface area contributed by atoms with E-state index in [4.69, 9.17) is 0 Å². The summed E-state index contributed by atoms with van der Waals surface area (Å²) in [7, 11) is -6.91. The first-order chi connectivity index (χ1) is 17.4. The Morgan fingerprint density at radius 3 is 1.38 bits per heavy atom. The van der Waals surface area contributed by atoms with Crippen molar-refractivity contribution < 1.29 is 16.8 Å². The predicted octanol–water partition coefficient (Wildman–Crippen LogP) is 4.34. The van der Waals surface area contributed by atoms with Gasteiger partial charge in [0.05, 0.1) is 23.5 Å². The predicted molar refractivity (Wildman–Crippen MR) is 150 cm³/mol. The summed E-state index contributed by atoms with van der Waals surface area (Å²) >= 11 is 2.60. The lowest BCUT2D eigenvalue weighted by Gasteiger charge is -2.25. The molecule has 0 amide bonds. The van der Waals surface area contributed by atoms with Crippen LogP contribution in [0.15, 0.2) is 18.4 Å². The average Bonchev–Trinajstić information content (AvgIpc) is 3.48. The molecule has 0 aromatic carbocycles. The van der Waals surface area contributed by atoms with E-state index in [0.29, 0.717) is 31.7 Å². The highest BCUT2D eigenvalue weighted by molar-refractivity contribution is 7.92. The number of thiophene rings is 2. The maximum Gasteiger partial charge on any atom is 0.275 e. The number of hydrogen-bond acceptors (Lipinski definition) is 8. The number of rotatable bonds is 2. The van der Waals surface area contributed by atoms with Crippen LogP contribution >= 0.6 is 22.7 Å². The monoisotopic (exact) mass is 584 g/mol. The lowest BCUT2D eigenvalue weighted by atomic mass is 9.94. The molecular weight excluding hydrogens is 553 g/mol. The zero-order valence-electron chi connectivity index (χ0n) is 21.3. The van der Waals surface area contributed by atoms with Crippen LogP contribution in [-0.2, 0) is 20.0 Å². The summed E-state index contributed by atoms with van der Waals surface area (Å²) in [5.41, 5.74) is 3.36. The van der Waals surface area contributed by atoms with E-state index in [0.717, 1.165) is 46.6 Å². The van der Waals surface area contributed by atoms with E-state index in [1.807, 2.05) is 27.7 Å². The topological polar surface area (TPSA) is 141 Å². The van der Waals surface area contributed by atoms with Crippen molar-refractivity contribution in [3.05, 3.63) is 20.9 Å². The van der Waals surface area contributed by atoms with Crippen LogP contribution in [0, 0.1) is 27.7 Å². The van der Waals surface area contributed by atoms with Crippen molar-refractivity contribution in [1.82, 2.24) is 9.44 Å². The third-order valence-electron chi connectivity index (χ3n) is 7.17. The Labute approximate surface area is 226 Å². The lowest BCUT2D eigenvalue weighted by Crippen LogP contribution is -2.41. The number of fused-ring (bicyclic) bond motifs is 2. The summed E-state index contributed by atoms with van der Waals surface area (Å²) in [6.45, 7) is 7.73. The van der Waals surface area contributed by atoms with Gasteiger partial charge in [0.1, 0.15) is 0 Å². The van der Waals surface area contributed by atoms with Crippen LogP contribution in [-0.4, -0.2) is 40.8 Å². The van der Waals surface area contributed by atoms with Crippen LogP contribution in [0.3, 0.4) is 0 Å². The van der Waals surface area contributed by atoms with Crippen LogP contribution in [0.4, 0.5) is 11.4 Å². The highest BCUT2D eigenvalue weighted by atomic mass is 32.3. The summed E-state index contributed by atoms with van der Waals surface area (Å²) in [4.78, 5) is 10.9. The van der Waals surface area contributed by atoms with E-state index in [1.165, 1.54) is 41.9 Å². The summed E-state index contributed by atoms with van der Waals surface area (Å²) in [5.74, 6) is 0.744. The summed E-state index contributed by atoms with van der Waals surface area (Å²) in [6, 6.07) is 0.503. The number of sulfonamides is 2. The van der Waals surface area contributed by atoms with Gasteiger partial charge in [-0.1, -0.05) is 12.8 Å². The second kappa shape index (κ2) is 9.86. The van der Waals surface area contributed by atoms with Gasteiger partial charge in [0.2, 0.25) is 11.9 Å². The van der Waals surface area contributed by atoms with Gasteiger partial charge in [-0.25, -0.2) is 36.3 Å². The minimum atomic E-state index is -3.46. The summed E-state index contributed by atoms with van der Waals surface area (Å²) < 4.78 is 54.4. The van der Waals surface area contributed by atoms with Crippen molar-refractivity contribution in [1.29, 1.82) is 0 Å². The summed E-state index contributed by atoms with van der Waals surface area (Å²) in [6.07, 6.45) is 7.70. The zero-order valence-corrected chi connectivity index (χ0v) is 24.5. The molecule has 0 atom stereocenters. The molecule has 2 fully saturated rings. The molecule has 4 heterocycles. The van der Waals surface area contributed by atoms with Gasteiger partial charge >= 0.3 is 0 Å². The minimum Gasteiger partial charge on any atom is -0.323 e. The first-order valence-electron chi connectivity index (χ1n) is 12.4. The van der Waals surface area contributed by atoms with Crippen molar-refractivity contribution >= 4 is 66.0 Å². The molecule has 0 unspecified atom stereocenters. The fourth-order valence-electron chi connectivity index (χ4n) is 4.53. The average molecular weight is 585 g/mol. The number of hydrogen-bond donors (Lipinski definition) is 4. The van der Waals surface area contributed by atoms with Gasteiger partial charge in [0.25, 0.3) is 20.0 Å². The highest BCUT2D eigenvalue weighted by Crippen LogP contribution is 2.39. The molecule has 0 bridgehead atoms. The number of aryl methyl sites for hydroxylation is 2. The van der Waals surface area contributed by atoms with Gasteiger partial charge in [0.15, 0.2) is 8.42 Å². The zero-order chi connectivity index (χ0) is 26.5. The van der Waals surface area contributed by atoms with Gasteiger partial charge in [-0.2, -0.15) is 0 Å². The minimum absolute atomic E-state index is 0.242. The molecule has 0 radical (unpaired) electrons. The first kappa shape index (κ1) is 26.4. The van der Waals surface area contributed by atoms with E-state index in [2.05, 4.69) is 30.1 Å². The Bertz CT molecular complexity index is 1490. The smallest absolute Gasteiger partial charge is 0.275 e. The molecule has 6 rings (SSSR count). The molecule has 4 N–H and O–H groups in total. The second-order valence-electron chi connectivity index (χ2n) is 9.83. The standard InChI is InChI=1S/C12H17N3O2S2.C11H15N3O2S2/c1-7-8(2)18-11-10(7)14-12(15-19(11,16)17)13-9-5-3-4-6-9;1-6-7(2)17-10-9(6)13-11(14-18(10,15)16)12-8-4-3-5-8/h9H,3-6H2,1-2H3,(H2,13,14,15);8H,3-5H2,1-2H3,(H2,12,13,14). The third-order valence-corrected chi connectivity index (χ3v) is 13.3. The number of guanidine groups is 2. The molecule has 10 nitrogen and oxygen atoms in total. The van der Waals surface area contributed by atoms with Crippen molar-refractivity contribution in [3.63, 3.8) is 0 Å². The molecule has 0 saturated heterocycles. The molecule has 2 aliphatic carbocycles. The number of aliphatic imine (C=N–C) groups is 2. The van der Waals surface area contributed by atoms with Gasteiger partial charge < -0.3 is 10.6 Å². The number of nitrogens with zero attached hydrogens (tertiary/aromatic N) is 2. The van der Waals surface area contributed by atoms with Crippen molar-refractivity contribution in [2.24, 2.45) is 9.98 Å². The van der Waals surface area contributed by atoms with Gasteiger partial charge in [0, 0.05) is 9.75 Å². The Morgan fingerprint density at radius 2 is 1.03 bits per heavy atom. The van der Waals surface area contributed by atoms with Crippen molar-refractivity contribution in [2.75, 3.05) is 10.6 Å². The molecule has 202 valence electrons. The van der Waals surface area contributed by atoms with E-state index in [-0.39, 0.29) is 12.1 Å². The van der Waals surface area contributed by atoms with Crippen molar-refractivity contribution in [3.8, 4) is 0 Å². The van der Waals surface area contributed by atoms with E-state index in [1.54, 1.807) is 0 Å². The molecule has 37 heavy (non-hydrogen) atoms. The lowest BCUT2D eigenvalue weighted by molar-refractivity contribution is 0.419. The van der Waals surface area contributed by atoms with Crippen LogP contribution in [0.25, 0.3) is 0 Å². The van der Waals surface area contributed by atoms with Crippen LogP contribution in [0.2, 0.25) is 0 Å². The third kappa shape index (κ3) is 5.25. The number of nitrogens with one attached hydrogen (secondary N) is 4. The van der Waals surface area contributed by atoms with E-state index in [9.17, 15) is 16.8 Å². The first-order valence-corrected chi connectivity index (χ1v) is 17.0. The Kier molecular flexibility index (Phi) is 7.05. The van der Waals surface area contributed by atoms with Gasteiger partial charge in [-0.3, -0.25) is 0 Å².